The van der Waals surface area contributed by atoms with E-state index in [4.69, 9.17) is 4.74 Å². The molecule has 1 heterocycles. The third-order valence-corrected chi connectivity index (χ3v) is 4.94. The van der Waals surface area contributed by atoms with Crippen molar-refractivity contribution in [2.75, 3.05) is 0 Å². The van der Waals surface area contributed by atoms with Crippen LogP contribution in [0.5, 0.6) is 11.6 Å². The van der Waals surface area contributed by atoms with E-state index in [9.17, 15) is 0 Å². The first-order valence-electron chi connectivity index (χ1n) is 4.26. The molecule has 0 N–H and O–H groups in total. The van der Waals surface area contributed by atoms with Crippen LogP contribution in [0.1, 0.15) is 0 Å². The van der Waals surface area contributed by atoms with Crippen LogP contribution < -0.4 is 9.09 Å². The predicted molar refractivity (Wildman–Crippen MR) is 69.4 cm³/mol. The van der Waals surface area contributed by atoms with E-state index in [1.54, 1.807) is 0 Å². The van der Waals surface area contributed by atoms with Crippen LogP contribution in [0, 0.1) is 3.70 Å². The van der Waals surface area contributed by atoms with Crippen molar-refractivity contribution in [2.24, 2.45) is 0 Å². The number of ether oxygens (including phenoxy) is 1. The van der Waals surface area contributed by atoms with E-state index in [1.807, 2.05) is 30.3 Å². The Balaban J connectivity index is 2.29. The van der Waals surface area contributed by atoms with Gasteiger partial charge < -0.3 is 0 Å². The molecule has 0 saturated carbocycles. The average Bonchev–Trinajstić information content (AvgIpc) is 2.26. The SMILES string of the molecule is [AsH2]c1c(I)ncnc1Oc1ccccc1. The van der Waals surface area contributed by atoms with Crippen LogP contribution in [-0.2, 0) is 0 Å². The van der Waals surface area contributed by atoms with E-state index in [0.29, 0.717) is 5.88 Å². The zero-order chi connectivity index (χ0) is 10.7. The first-order valence-corrected chi connectivity index (χ1v) is 6.55. The zero-order valence-corrected chi connectivity index (χ0v) is 12.3. The van der Waals surface area contributed by atoms with E-state index in [2.05, 4.69) is 32.6 Å². The van der Waals surface area contributed by atoms with E-state index >= 15 is 0 Å². The molecule has 1 atom stereocenters. The van der Waals surface area contributed by atoms with Crippen molar-refractivity contribution in [2.45, 2.75) is 0 Å². The molecule has 0 aliphatic carbocycles. The van der Waals surface area contributed by atoms with Gasteiger partial charge in [-0.3, -0.25) is 0 Å². The maximum atomic E-state index is 5.65. The van der Waals surface area contributed by atoms with Gasteiger partial charge in [-0.15, -0.1) is 0 Å². The van der Waals surface area contributed by atoms with Gasteiger partial charge in [-0.05, 0) is 0 Å². The minimum absolute atomic E-state index is 0.639. The van der Waals surface area contributed by atoms with Gasteiger partial charge in [0.05, 0.1) is 0 Å². The molecule has 0 aliphatic rings. The fourth-order valence-corrected chi connectivity index (χ4v) is 1.83. The number of hydrogen-bond donors (Lipinski definition) is 0. The Morgan fingerprint density at radius 2 is 1.87 bits per heavy atom. The Kier molecular flexibility index (Phi) is 3.59. The summed E-state index contributed by atoms with van der Waals surface area (Å²) in [5, 5.41) is 0. The summed E-state index contributed by atoms with van der Waals surface area (Å²) in [5.74, 6) is 1.44. The van der Waals surface area contributed by atoms with Gasteiger partial charge in [0.15, 0.2) is 0 Å². The average molecular weight is 374 g/mol. The normalized spacial score (nSPS) is 10.0. The Labute approximate surface area is 110 Å². The van der Waals surface area contributed by atoms with Crippen molar-refractivity contribution < 1.29 is 4.74 Å². The van der Waals surface area contributed by atoms with Gasteiger partial charge in [0, 0.05) is 0 Å². The van der Waals surface area contributed by atoms with Crippen molar-refractivity contribution in [3.8, 4) is 11.6 Å². The molecule has 76 valence electrons. The molecule has 0 radical (unpaired) electrons. The molecule has 15 heavy (non-hydrogen) atoms. The number of benzene rings is 1. The number of nitrogens with zero attached hydrogens (tertiary/aromatic N) is 2. The topological polar surface area (TPSA) is 35.0 Å². The van der Waals surface area contributed by atoms with Crippen LogP contribution in [-0.4, -0.2) is 26.8 Å². The van der Waals surface area contributed by atoms with Crippen LogP contribution >= 0.6 is 22.6 Å². The van der Waals surface area contributed by atoms with Crippen LogP contribution in [0.15, 0.2) is 36.7 Å². The van der Waals surface area contributed by atoms with Gasteiger partial charge in [-0.25, -0.2) is 0 Å². The van der Waals surface area contributed by atoms with E-state index in [1.165, 1.54) is 23.2 Å². The summed E-state index contributed by atoms with van der Waals surface area (Å²) in [5.41, 5.74) is 0. The standard InChI is InChI=1S/C10H8AsIN2O/c11-8-9(12)13-6-14-10(8)15-7-4-2-1-3-5-7/h1-6H,11H2. The molecule has 1 aromatic heterocycles. The molecule has 0 saturated heterocycles. The fourth-order valence-electron chi connectivity index (χ4n) is 1.04. The zero-order valence-electron chi connectivity index (χ0n) is 7.72. The summed E-state index contributed by atoms with van der Waals surface area (Å²) in [6, 6.07) is 9.63. The number of aromatic nitrogens is 2. The van der Waals surface area contributed by atoms with Gasteiger partial charge in [0.1, 0.15) is 0 Å². The summed E-state index contributed by atoms with van der Waals surface area (Å²) in [6.45, 7) is 0. The molecule has 2 aromatic rings. The molecule has 0 amide bonds. The molecule has 0 aliphatic heterocycles. The van der Waals surface area contributed by atoms with Crippen molar-refractivity contribution in [1.29, 1.82) is 0 Å². The Hall–Kier alpha value is -0.612. The van der Waals surface area contributed by atoms with Crippen molar-refractivity contribution in [3.05, 3.63) is 40.4 Å². The number of hydrogen-bond acceptors (Lipinski definition) is 3. The summed E-state index contributed by atoms with van der Waals surface area (Å²) in [4.78, 5) is 8.20. The number of halogens is 1. The molecule has 0 fully saturated rings. The Bertz CT molecular complexity index is 464. The van der Waals surface area contributed by atoms with Gasteiger partial charge in [-0.2, -0.15) is 0 Å². The molecule has 3 nitrogen and oxygen atoms in total. The van der Waals surface area contributed by atoms with Crippen LogP contribution in [0.2, 0.25) is 0 Å². The molecule has 2 rings (SSSR count). The van der Waals surface area contributed by atoms with Crippen LogP contribution in [0.3, 0.4) is 0 Å². The van der Waals surface area contributed by atoms with Crippen molar-refractivity contribution >= 4 is 43.8 Å². The van der Waals surface area contributed by atoms with Gasteiger partial charge in [0.2, 0.25) is 0 Å². The minimum atomic E-state index is 0.639. The molecule has 0 bridgehead atoms. The first kappa shape index (κ1) is 10.9. The first-order chi connectivity index (χ1) is 7.27. The van der Waals surface area contributed by atoms with E-state index < -0.39 is 0 Å². The summed E-state index contributed by atoms with van der Waals surface area (Å²) >= 11 is 3.64. The molecule has 1 unspecified atom stereocenters. The Morgan fingerprint density at radius 3 is 2.60 bits per heavy atom. The molecular formula is C10H8AsIN2O. The fraction of sp³-hybridized carbons (Fsp3) is 0. The second-order valence-electron chi connectivity index (χ2n) is 2.80. The van der Waals surface area contributed by atoms with Crippen LogP contribution in [0.25, 0.3) is 0 Å². The summed E-state index contributed by atoms with van der Waals surface area (Å²) in [7, 11) is 0. The number of rotatable bonds is 2. The second kappa shape index (κ2) is 4.94. The third kappa shape index (κ3) is 2.69. The number of para-hydroxylation sites is 1. The third-order valence-electron chi connectivity index (χ3n) is 1.76. The predicted octanol–water partition coefficient (Wildman–Crippen LogP) is 1.13. The maximum absolute atomic E-state index is 5.65. The van der Waals surface area contributed by atoms with E-state index in [0.717, 1.165) is 13.8 Å². The van der Waals surface area contributed by atoms with Gasteiger partial charge in [0.25, 0.3) is 0 Å². The summed E-state index contributed by atoms with van der Waals surface area (Å²) in [6.07, 6.45) is 1.52. The molecule has 1 aromatic carbocycles. The monoisotopic (exact) mass is 374 g/mol. The van der Waals surface area contributed by atoms with Crippen molar-refractivity contribution in [3.63, 3.8) is 0 Å². The Morgan fingerprint density at radius 1 is 1.13 bits per heavy atom. The second-order valence-corrected chi connectivity index (χ2v) is 5.03. The van der Waals surface area contributed by atoms with Gasteiger partial charge in [-0.1, -0.05) is 0 Å². The molecule has 0 spiro atoms. The quantitative estimate of drug-likeness (QED) is 0.449. The van der Waals surface area contributed by atoms with Gasteiger partial charge >= 0.3 is 110 Å². The van der Waals surface area contributed by atoms with Crippen molar-refractivity contribution in [1.82, 2.24) is 9.97 Å². The summed E-state index contributed by atoms with van der Waals surface area (Å²) < 4.78 is 7.61. The molecular weight excluding hydrogens is 366 g/mol. The van der Waals surface area contributed by atoms with E-state index in [-0.39, 0.29) is 0 Å². The van der Waals surface area contributed by atoms with Crippen LogP contribution in [0.4, 0.5) is 0 Å². The molecule has 5 heteroatoms.